The van der Waals surface area contributed by atoms with Crippen LogP contribution in [-0.4, -0.2) is 25.1 Å². The smallest absolute Gasteiger partial charge is 0.160 e. The summed E-state index contributed by atoms with van der Waals surface area (Å²) in [5.74, 6) is 0.771. The van der Waals surface area contributed by atoms with Crippen LogP contribution in [0.1, 0.15) is 16.3 Å². The Morgan fingerprint density at radius 1 is 1.08 bits per heavy atom. The highest BCUT2D eigenvalue weighted by atomic mass is 32.1. The summed E-state index contributed by atoms with van der Waals surface area (Å²) in [6, 6.07) is 10.5. The van der Waals surface area contributed by atoms with Crippen molar-refractivity contribution < 1.29 is 0 Å². The summed E-state index contributed by atoms with van der Waals surface area (Å²) >= 11 is 1.71. The molecule has 0 amide bonds. The topological polar surface area (TPSA) is 79.4 Å². The summed E-state index contributed by atoms with van der Waals surface area (Å²) in [6.07, 6.45) is 5.23. The Balaban J connectivity index is 1.38. The minimum atomic E-state index is 0.638. The van der Waals surface area contributed by atoms with Crippen molar-refractivity contribution in [3.63, 3.8) is 0 Å². The normalized spacial score (nSPS) is 11.0. The number of aryl methyl sites for hydroxylation is 2. The van der Waals surface area contributed by atoms with Crippen molar-refractivity contribution >= 4 is 28.2 Å². The van der Waals surface area contributed by atoms with Crippen LogP contribution < -0.4 is 5.32 Å². The van der Waals surface area contributed by atoms with Crippen LogP contribution in [0.3, 0.4) is 0 Å². The van der Waals surface area contributed by atoms with E-state index in [9.17, 15) is 0 Å². The van der Waals surface area contributed by atoms with E-state index in [0.29, 0.717) is 6.54 Å². The van der Waals surface area contributed by atoms with Crippen molar-refractivity contribution in [1.29, 1.82) is 0 Å². The number of nitrogens with one attached hydrogen (secondary N) is 2. The number of anilines is 1. The van der Waals surface area contributed by atoms with Gasteiger partial charge in [0.2, 0.25) is 0 Å². The van der Waals surface area contributed by atoms with Gasteiger partial charge >= 0.3 is 0 Å². The van der Waals surface area contributed by atoms with Gasteiger partial charge in [0, 0.05) is 11.8 Å². The molecule has 0 aliphatic heterocycles. The Morgan fingerprint density at radius 3 is 2.92 bits per heavy atom. The fraction of sp³-hybridized carbons (Fsp3) is 0.176. The SMILES string of the molecule is c1ccc(CCc2nc(CNc3ncnc4[nH]ncc34)cs2)cc1. The number of H-pyrrole nitrogens is 1. The molecule has 0 bridgehead atoms. The standard InChI is InChI=1S/C17H16N6S/c1-2-4-12(5-3-1)6-7-15-22-13(10-24-15)8-18-16-14-9-21-23-17(14)20-11-19-16/h1-5,9-11H,6-8H2,(H2,18,19,20,21,23). The first-order valence-corrected chi connectivity index (χ1v) is 8.61. The van der Waals surface area contributed by atoms with Gasteiger partial charge in [-0.15, -0.1) is 11.3 Å². The van der Waals surface area contributed by atoms with Crippen LogP contribution >= 0.6 is 11.3 Å². The van der Waals surface area contributed by atoms with Gasteiger partial charge in [0.25, 0.3) is 0 Å². The van der Waals surface area contributed by atoms with E-state index in [1.807, 2.05) is 6.07 Å². The van der Waals surface area contributed by atoms with E-state index in [2.05, 4.69) is 55.1 Å². The van der Waals surface area contributed by atoms with E-state index >= 15 is 0 Å². The summed E-state index contributed by atoms with van der Waals surface area (Å²) in [4.78, 5) is 13.1. The first-order chi connectivity index (χ1) is 11.9. The van der Waals surface area contributed by atoms with Gasteiger partial charge in [-0.25, -0.2) is 15.0 Å². The van der Waals surface area contributed by atoms with Crippen molar-refractivity contribution in [3.8, 4) is 0 Å². The highest BCUT2D eigenvalue weighted by Crippen LogP contribution is 2.18. The van der Waals surface area contributed by atoms with Crippen LogP contribution in [0.4, 0.5) is 5.82 Å². The second-order valence-corrected chi connectivity index (χ2v) is 6.37. The average Bonchev–Trinajstić information content (AvgIpc) is 3.28. The van der Waals surface area contributed by atoms with Crippen molar-refractivity contribution in [2.75, 3.05) is 5.32 Å². The fourth-order valence-corrected chi connectivity index (χ4v) is 3.32. The van der Waals surface area contributed by atoms with E-state index in [1.54, 1.807) is 17.5 Å². The number of aromatic amines is 1. The molecule has 4 rings (SSSR count). The molecule has 0 saturated carbocycles. The number of hydrogen-bond donors (Lipinski definition) is 2. The molecule has 0 atom stereocenters. The monoisotopic (exact) mass is 336 g/mol. The van der Waals surface area contributed by atoms with Crippen LogP contribution in [0, 0.1) is 0 Å². The van der Waals surface area contributed by atoms with E-state index in [0.717, 1.165) is 40.4 Å². The van der Waals surface area contributed by atoms with Gasteiger partial charge in [0.1, 0.15) is 12.1 Å². The van der Waals surface area contributed by atoms with Gasteiger partial charge in [-0.05, 0) is 12.0 Å². The van der Waals surface area contributed by atoms with Crippen molar-refractivity contribution in [1.82, 2.24) is 25.1 Å². The second kappa shape index (κ2) is 6.76. The van der Waals surface area contributed by atoms with Crippen molar-refractivity contribution in [2.24, 2.45) is 0 Å². The Labute approximate surface area is 143 Å². The molecule has 0 aliphatic carbocycles. The van der Waals surface area contributed by atoms with Crippen LogP contribution in [-0.2, 0) is 19.4 Å². The number of thiazole rings is 1. The van der Waals surface area contributed by atoms with Crippen LogP contribution in [0.5, 0.6) is 0 Å². The van der Waals surface area contributed by atoms with Gasteiger partial charge in [-0.3, -0.25) is 5.10 Å². The quantitative estimate of drug-likeness (QED) is 0.565. The molecule has 2 N–H and O–H groups in total. The number of aromatic nitrogens is 5. The Hall–Kier alpha value is -2.80. The predicted octanol–water partition coefficient (Wildman–Crippen LogP) is 3.21. The summed E-state index contributed by atoms with van der Waals surface area (Å²) in [5.41, 5.74) is 3.10. The lowest BCUT2D eigenvalue weighted by atomic mass is 10.1. The molecular formula is C17H16N6S. The molecule has 0 spiro atoms. The molecule has 3 heterocycles. The molecule has 0 aliphatic rings. The number of benzene rings is 1. The minimum Gasteiger partial charge on any atom is -0.364 e. The van der Waals surface area contributed by atoms with Gasteiger partial charge in [-0.2, -0.15) is 5.10 Å². The fourth-order valence-electron chi connectivity index (χ4n) is 2.52. The molecule has 0 radical (unpaired) electrons. The first kappa shape index (κ1) is 14.8. The zero-order valence-corrected chi connectivity index (χ0v) is 13.8. The second-order valence-electron chi connectivity index (χ2n) is 5.43. The molecule has 0 fully saturated rings. The molecule has 24 heavy (non-hydrogen) atoms. The lowest BCUT2D eigenvalue weighted by molar-refractivity contribution is 0.923. The Morgan fingerprint density at radius 2 is 2.00 bits per heavy atom. The van der Waals surface area contributed by atoms with Gasteiger partial charge in [-0.1, -0.05) is 30.3 Å². The molecule has 7 heteroatoms. The van der Waals surface area contributed by atoms with E-state index in [-0.39, 0.29) is 0 Å². The maximum absolute atomic E-state index is 4.70. The zero-order valence-electron chi connectivity index (χ0n) is 12.9. The van der Waals surface area contributed by atoms with Crippen LogP contribution in [0.15, 0.2) is 48.2 Å². The maximum Gasteiger partial charge on any atom is 0.160 e. The molecule has 4 aromatic rings. The third-order valence-corrected chi connectivity index (χ3v) is 4.71. The number of rotatable bonds is 6. The maximum atomic E-state index is 4.70. The number of nitrogens with zero attached hydrogens (tertiary/aromatic N) is 4. The van der Waals surface area contributed by atoms with E-state index < -0.39 is 0 Å². The predicted molar refractivity (Wildman–Crippen MR) is 95.0 cm³/mol. The Bertz CT molecular complexity index is 930. The van der Waals surface area contributed by atoms with E-state index in [1.165, 1.54) is 11.9 Å². The highest BCUT2D eigenvalue weighted by molar-refractivity contribution is 7.09. The zero-order chi connectivity index (χ0) is 16.2. The molecule has 6 nitrogen and oxygen atoms in total. The largest absolute Gasteiger partial charge is 0.364 e. The lowest BCUT2D eigenvalue weighted by Gasteiger charge is -2.03. The first-order valence-electron chi connectivity index (χ1n) is 7.73. The van der Waals surface area contributed by atoms with Crippen LogP contribution in [0.25, 0.3) is 11.0 Å². The van der Waals surface area contributed by atoms with Crippen LogP contribution in [0.2, 0.25) is 0 Å². The Kier molecular flexibility index (Phi) is 4.16. The van der Waals surface area contributed by atoms with E-state index in [4.69, 9.17) is 4.98 Å². The number of fused-ring (bicyclic) bond motifs is 1. The molecule has 0 saturated heterocycles. The van der Waals surface area contributed by atoms with Crippen molar-refractivity contribution in [2.45, 2.75) is 19.4 Å². The average molecular weight is 336 g/mol. The molecule has 3 aromatic heterocycles. The van der Waals surface area contributed by atoms with Gasteiger partial charge in [0.05, 0.1) is 28.8 Å². The molecule has 0 unspecified atom stereocenters. The summed E-state index contributed by atoms with van der Waals surface area (Å²) < 4.78 is 0. The third-order valence-electron chi connectivity index (χ3n) is 3.75. The third kappa shape index (κ3) is 3.26. The molecular weight excluding hydrogens is 320 g/mol. The molecule has 120 valence electrons. The highest BCUT2D eigenvalue weighted by Gasteiger charge is 2.07. The number of hydrogen-bond acceptors (Lipinski definition) is 6. The summed E-state index contributed by atoms with van der Waals surface area (Å²) in [7, 11) is 0. The summed E-state index contributed by atoms with van der Waals surface area (Å²) in [6.45, 7) is 0.638. The minimum absolute atomic E-state index is 0.638. The molecule has 1 aromatic carbocycles. The summed E-state index contributed by atoms with van der Waals surface area (Å²) in [5, 5.41) is 14.3. The lowest BCUT2D eigenvalue weighted by Crippen LogP contribution is -2.02. The van der Waals surface area contributed by atoms with Gasteiger partial charge in [0.15, 0.2) is 5.65 Å². The van der Waals surface area contributed by atoms with Crippen molar-refractivity contribution in [3.05, 3.63) is 64.5 Å². The van der Waals surface area contributed by atoms with Gasteiger partial charge < -0.3 is 5.32 Å².